The molecule has 0 N–H and O–H groups in total. The van der Waals surface area contributed by atoms with E-state index in [0.717, 1.165) is 103 Å². The Bertz CT molecular complexity index is 939. The fraction of sp³-hybridized carbons (Fsp3) is 0.821. The molecule has 0 fully saturated rings. The van der Waals surface area contributed by atoms with E-state index in [1.165, 1.54) is 51.4 Å². The minimum atomic E-state index is -3.47. The van der Waals surface area contributed by atoms with Gasteiger partial charge in [-0.05, 0) is 0 Å². The Labute approximate surface area is 284 Å². The van der Waals surface area contributed by atoms with Gasteiger partial charge in [0.2, 0.25) is 0 Å². The van der Waals surface area contributed by atoms with Gasteiger partial charge in [0, 0.05) is 0 Å². The molecule has 0 saturated carbocycles. The van der Waals surface area contributed by atoms with Crippen LogP contribution in [0.4, 0.5) is 22.0 Å². The first-order chi connectivity index (χ1) is 22.6. The fourth-order valence-electron chi connectivity index (χ4n) is 7.09. The van der Waals surface area contributed by atoms with Crippen LogP contribution in [0.1, 0.15) is 192 Å². The van der Waals surface area contributed by atoms with Crippen molar-refractivity contribution in [2.45, 2.75) is 182 Å². The molecule has 1 rings (SSSR count). The number of rotatable bonds is 30. The monoisotopic (exact) mass is 694 g/mol. The van der Waals surface area contributed by atoms with Crippen molar-refractivity contribution < 1.29 is 31.3 Å². The molecule has 0 aliphatic heterocycles. The summed E-state index contributed by atoms with van der Waals surface area (Å²) in [7, 11) is 0. The van der Waals surface area contributed by atoms with Gasteiger partial charge in [-0.3, -0.25) is 0 Å². The molecule has 1 aromatic rings. The zero-order valence-corrected chi connectivity index (χ0v) is 31.3. The zero-order valence-electron chi connectivity index (χ0n) is 30.5. The molecular formula is C39H68F5O2P. The van der Waals surface area contributed by atoms with Crippen LogP contribution in [0.25, 0.3) is 0 Å². The Kier molecular flexibility index (Phi) is 23.1. The summed E-state index contributed by atoms with van der Waals surface area (Å²) in [6.45, 7) is 5.15. The van der Waals surface area contributed by atoms with Crippen molar-refractivity contribution in [1.29, 1.82) is 0 Å². The Morgan fingerprint density at radius 1 is 0.404 bits per heavy atom. The van der Waals surface area contributed by atoms with Gasteiger partial charge in [0.25, 0.3) is 0 Å². The van der Waals surface area contributed by atoms with Gasteiger partial charge >= 0.3 is 272 Å². The van der Waals surface area contributed by atoms with E-state index < -0.39 is 47.4 Å². The van der Waals surface area contributed by atoms with E-state index in [4.69, 9.17) is 4.52 Å². The zero-order chi connectivity index (χ0) is 35.0. The van der Waals surface area contributed by atoms with Crippen molar-refractivity contribution in [3.63, 3.8) is 0 Å². The molecule has 0 amide bonds. The van der Waals surface area contributed by atoms with Gasteiger partial charge < -0.3 is 0 Å². The average molecular weight is 695 g/mol. The summed E-state index contributed by atoms with van der Waals surface area (Å²) in [5, 5.41) is 0. The van der Waals surface area contributed by atoms with Crippen molar-refractivity contribution >= 4 is 12.8 Å². The van der Waals surface area contributed by atoms with Crippen molar-refractivity contribution in [3.05, 3.63) is 34.6 Å². The first-order valence-electron chi connectivity index (χ1n) is 19.4. The molecule has 0 aliphatic carbocycles. The second-order valence-electron chi connectivity index (χ2n) is 14.1. The van der Waals surface area contributed by atoms with Crippen LogP contribution in [-0.2, 0) is 4.52 Å². The molecule has 0 heterocycles. The predicted octanol–water partition coefficient (Wildman–Crippen LogP) is 14.4. The molecule has 0 radical (unpaired) electrons. The van der Waals surface area contributed by atoms with Crippen molar-refractivity contribution in [2.75, 3.05) is 24.6 Å². The van der Waals surface area contributed by atoms with E-state index in [0.29, 0.717) is 24.6 Å². The second kappa shape index (κ2) is 24.8. The van der Waals surface area contributed by atoms with E-state index in [2.05, 4.69) is 27.7 Å². The van der Waals surface area contributed by atoms with E-state index in [-0.39, 0.29) is 0 Å². The third-order valence-electron chi connectivity index (χ3n) is 10.1. The summed E-state index contributed by atoms with van der Waals surface area (Å²) in [5.74, 6) is -12.1. The Hall–Kier alpha value is -1.23. The molecule has 0 aromatic heterocycles. The number of unbranched alkanes of at least 4 members (excludes halogenated alkanes) is 20. The van der Waals surface area contributed by atoms with Crippen LogP contribution in [0.15, 0.2) is 0 Å². The number of halogens is 5. The number of hydrogen-bond donors (Lipinski definition) is 0. The van der Waals surface area contributed by atoms with Gasteiger partial charge in [-0.15, -0.1) is 0 Å². The molecule has 0 aliphatic rings. The first kappa shape index (κ1) is 43.8. The molecular weight excluding hydrogens is 626 g/mol. The third kappa shape index (κ3) is 15.5. The van der Waals surface area contributed by atoms with Crippen LogP contribution in [0.2, 0.25) is 0 Å². The van der Waals surface area contributed by atoms with E-state index in [9.17, 15) is 26.7 Å². The van der Waals surface area contributed by atoms with E-state index >= 15 is 0 Å². The summed E-state index contributed by atoms with van der Waals surface area (Å²) in [4.78, 5) is 13.8. The molecule has 0 saturated heterocycles. The normalized spacial score (nSPS) is 12.7. The third-order valence-corrected chi connectivity index (χ3v) is 16.5. The predicted molar refractivity (Wildman–Crippen MR) is 192 cm³/mol. The number of benzene rings is 1. The molecule has 2 nitrogen and oxygen atoms in total. The Balaban J connectivity index is 3.32. The molecule has 8 heteroatoms. The first-order valence-corrected chi connectivity index (χ1v) is 22.3. The van der Waals surface area contributed by atoms with Crippen LogP contribution in [0.3, 0.4) is 0 Å². The van der Waals surface area contributed by atoms with Crippen LogP contribution in [0, 0.1) is 29.1 Å². The molecule has 0 spiro atoms. The van der Waals surface area contributed by atoms with Crippen molar-refractivity contribution in [2.24, 2.45) is 0 Å². The van der Waals surface area contributed by atoms with Gasteiger partial charge in [-0.2, -0.15) is 0 Å². The summed E-state index contributed by atoms with van der Waals surface area (Å²) >= 11 is 0. The molecule has 0 atom stereocenters. The van der Waals surface area contributed by atoms with Gasteiger partial charge in [0.1, 0.15) is 0 Å². The van der Waals surface area contributed by atoms with Crippen molar-refractivity contribution in [1.82, 2.24) is 0 Å². The van der Waals surface area contributed by atoms with Crippen LogP contribution >= 0.6 is 6.83 Å². The van der Waals surface area contributed by atoms with Gasteiger partial charge in [-0.25, -0.2) is 0 Å². The molecule has 0 unspecified atom stereocenters. The number of carbonyl (C=O) groups is 1. The van der Waals surface area contributed by atoms with Gasteiger partial charge in [0.05, 0.1) is 0 Å². The molecule has 276 valence electrons. The van der Waals surface area contributed by atoms with Crippen LogP contribution in [-0.4, -0.2) is 30.6 Å². The average Bonchev–Trinajstić information content (AvgIpc) is 3.06. The van der Waals surface area contributed by atoms with Gasteiger partial charge in [-0.1, -0.05) is 13.3 Å². The summed E-state index contributed by atoms with van der Waals surface area (Å²) in [6, 6.07) is 0. The fourth-order valence-corrected chi connectivity index (χ4v) is 13.4. The molecule has 1 aromatic carbocycles. The van der Waals surface area contributed by atoms with Crippen LogP contribution in [0.5, 0.6) is 0 Å². The summed E-state index contributed by atoms with van der Waals surface area (Å²) in [6.07, 6.45) is 28.5. The maximum absolute atomic E-state index is 15.0. The summed E-state index contributed by atoms with van der Waals surface area (Å²) in [5.41, 5.74) is -1.44. The van der Waals surface area contributed by atoms with Gasteiger partial charge in [0.15, 0.2) is 0 Å². The number of carbonyl (C=O) groups excluding carboxylic acids is 1. The maximum atomic E-state index is 15.0. The van der Waals surface area contributed by atoms with Crippen LogP contribution < -0.4 is 0 Å². The SMILES string of the molecule is CCCCCCCCCCCCCCP(CCCCCC)(CCCCCC)(CCCCCC)OC(=O)c1c(F)c(F)c(F)c(F)c1F. The Morgan fingerprint density at radius 2 is 0.638 bits per heavy atom. The minimum absolute atomic E-state index is 0.656. The van der Waals surface area contributed by atoms with E-state index in [1.54, 1.807) is 0 Å². The van der Waals surface area contributed by atoms with Crippen molar-refractivity contribution in [3.8, 4) is 0 Å². The Morgan fingerprint density at radius 3 is 0.936 bits per heavy atom. The number of hydrogen-bond acceptors (Lipinski definition) is 2. The quantitative estimate of drug-likeness (QED) is 0.0263. The molecule has 0 bridgehead atoms. The molecule has 47 heavy (non-hydrogen) atoms. The standard InChI is InChI=1S/C39H68F5O2P/c1-5-9-13-17-18-19-20-21-22-23-24-28-32-47(29-25-14-10-6-2,30-26-15-11-7-3,31-27-16-12-8-4)46-39(45)33-34(40)36(42)38(44)37(43)35(33)41/h5-32H2,1-4H3. The summed E-state index contributed by atoms with van der Waals surface area (Å²) < 4.78 is 78.9. The van der Waals surface area contributed by atoms with E-state index in [1.807, 2.05) is 0 Å². The second-order valence-corrected chi connectivity index (χ2v) is 19.8. The topological polar surface area (TPSA) is 26.3 Å².